The first-order valence-electron chi connectivity index (χ1n) is 14.4. The largest absolute Gasteiger partial charge is 0.444 e. The Bertz CT molecular complexity index is 1530. The Kier molecular flexibility index (Phi) is 7.28. The summed E-state index contributed by atoms with van der Waals surface area (Å²) in [7, 11) is 0. The average Bonchev–Trinajstić information content (AvgIpc) is 3.30. The van der Waals surface area contributed by atoms with Gasteiger partial charge in [-0.2, -0.15) is 5.06 Å². The number of alkyl carbamates (subject to hydrolysis) is 1. The molecule has 2 aliphatic rings. The van der Waals surface area contributed by atoms with E-state index in [4.69, 9.17) is 14.7 Å². The monoisotopic (exact) mass is 557 g/mol. The molecule has 0 radical (unpaired) electrons. The highest BCUT2D eigenvalue weighted by Crippen LogP contribution is 2.42. The van der Waals surface area contributed by atoms with Crippen molar-refractivity contribution in [3.63, 3.8) is 0 Å². The Balaban J connectivity index is 1.36. The Morgan fingerprint density at radius 3 is 2.49 bits per heavy atom. The number of hydrogen-bond donors (Lipinski definition) is 1. The van der Waals surface area contributed by atoms with Crippen molar-refractivity contribution < 1.29 is 18.9 Å². The molecule has 4 heterocycles. The van der Waals surface area contributed by atoms with Crippen LogP contribution in [0.15, 0.2) is 60.9 Å². The lowest BCUT2D eigenvalue weighted by atomic mass is 9.85. The van der Waals surface area contributed by atoms with Crippen LogP contribution in [0.5, 0.6) is 0 Å². The van der Waals surface area contributed by atoms with E-state index in [-0.39, 0.29) is 11.9 Å². The van der Waals surface area contributed by atoms with Gasteiger partial charge in [0.2, 0.25) is 0 Å². The van der Waals surface area contributed by atoms with E-state index in [1.807, 2.05) is 45.0 Å². The number of pyridine rings is 2. The quantitative estimate of drug-likeness (QED) is 0.265. The topological polar surface area (TPSA) is 81.5 Å². The fourth-order valence-corrected chi connectivity index (χ4v) is 5.97. The number of hydroxylamine groups is 1. The molecule has 1 fully saturated rings. The Labute approximate surface area is 239 Å². The third-order valence-electron chi connectivity index (χ3n) is 7.73. The first-order chi connectivity index (χ1) is 19.7. The van der Waals surface area contributed by atoms with Crippen LogP contribution in [-0.2, 0) is 4.74 Å². The number of fused-ring (bicyclic) bond motifs is 1. The van der Waals surface area contributed by atoms with Gasteiger partial charge in [-0.25, -0.2) is 14.2 Å². The summed E-state index contributed by atoms with van der Waals surface area (Å²) >= 11 is 0. The standard InChI is InChI=1S/C32H36FN5O3/c1-32(2,3)40-31(39)35-25(19-21-7-5-4-6-8-21)20-37-27-14-13-26-28(22-15-17-34-18-16-22)29(38(41-37)30(26)36-27)23-9-11-24(33)12-10-23/h9-18,21,25H,4-8,19-20H2,1-3H3,(H,35,39). The summed E-state index contributed by atoms with van der Waals surface area (Å²) < 4.78 is 21.2. The van der Waals surface area contributed by atoms with Crippen LogP contribution >= 0.6 is 0 Å². The van der Waals surface area contributed by atoms with Crippen molar-refractivity contribution in [1.29, 1.82) is 0 Å². The molecule has 1 saturated carbocycles. The maximum absolute atomic E-state index is 13.9. The molecule has 0 spiro atoms. The minimum atomic E-state index is -0.596. The number of benzene rings is 1. The van der Waals surface area contributed by atoms with Crippen LogP contribution in [0.2, 0.25) is 0 Å². The third-order valence-corrected chi connectivity index (χ3v) is 7.73. The van der Waals surface area contributed by atoms with Gasteiger partial charge in [-0.1, -0.05) is 32.1 Å². The summed E-state index contributed by atoms with van der Waals surface area (Å²) in [5.74, 6) is 0.879. The van der Waals surface area contributed by atoms with Crippen LogP contribution < -0.4 is 15.3 Å². The number of halogens is 1. The number of ether oxygens (including phenoxy) is 1. The molecule has 8 nitrogen and oxygen atoms in total. The number of carbonyl (C=O) groups excluding carboxylic acids is 1. The van der Waals surface area contributed by atoms with Crippen molar-refractivity contribution >= 4 is 22.9 Å². The summed E-state index contributed by atoms with van der Waals surface area (Å²) in [5, 5.41) is 5.77. The lowest BCUT2D eigenvalue weighted by molar-refractivity contribution is 0.0463. The van der Waals surface area contributed by atoms with Gasteiger partial charge in [-0.15, -0.1) is 4.73 Å². The lowest BCUT2D eigenvalue weighted by Gasteiger charge is -2.33. The molecule has 1 aromatic carbocycles. The second kappa shape index (κ2) is 11.0. The molecular formula is C32H36FN5O3. The van der Waals surface area contributed by atoms with Crippen LogP contribution in [0.3, 0.4) is 0 Å². The predicted molar refractivity (Wildman–Crippen MR) is 157 cm³/mol. The molecule has 1 atom stereocenters. The number of anilines is 1. The number of nitrogens with zero attached hydrogens (tertiary/aromatic N) is 4. The van der Waals surface area contributed by atoms with Crippen LogP contribution in [0, 0.1) is 11.7 Å². The van der Waals surface area contributed by atoms with E-state index >= 15 is 0 Å². The molecule has 1 unspecified atom stereocenters. The van der Waals surface area contributed by atoms with E-state index in [9.17, 15) is 9.18 Å². The summed E-state index contributed by atoms with van der Waals surface area (Å²) in [6.07, 6.45) is 9.90. The van der Waals surface area contributed by atoms with Gasteiger partial charge < -0.3 is 10.1 Å². The minimum absolute atomic E-state index is 0.212. The molecule has 3 aromatic heterocycles. The van der Waals surface area contributed by atoms with E-state index in [2.05, 4.69) is 10.3 Å². The van der Waals surface area contributed by atoms with Crippen LogP contribution in [0.25, 0.3) is 33.4 Å². The van der Waals surface area contributed by atoms with Gasteiger partial charge in [0.15, 0.2) is 11.5 Å². The maximum Gasteiger partial charge on any atom is 0.407 e. The average molecular weight is 558 g/mol. The first kappa shape index (κ1) is 27.1. The first-order valence-corrected chi connectivity index (χ1v) is 14.4. The van der Waals surface area contributed by atoms with Crippen LogP contribution in [0.1, 0.15) is 59.3 Å². The van der Waals surface area contributed by atoms with E-state index < -0.39 is 11.7 Å². The third kappa shape index (κ3) is 5.85. The highest BCUT2D eigenvalue weighted by atomic mass is 19.1. The number of rotatable bonds is 7. The fraction of sp³-hybridized carbons (Fsp3) is 0.406. The molecule has 1 N–H and O–H groups in total. The van der Waals surface area contributed by atoms with E-state index in [1.54, 1.807) is 34.3 Å². The number of aromatic nitrogens is 3. The van der Waals surface area contributed by atoms with Gasteiger partial charge in [-0.3, -0.25) is 9.92 Å². The number of amides is 1. The molecule has 2 bridgehead atoms. The summed E-state index contributed by atoms with van der Waals surface area (Å²) in [6, 6.07) is 14.0. The zero-order chi connectivity index (χ0) is 28.6. The molecule has 9 heteroatoms. The van der Waals surface area contributed by atoms with Crippen LogP contribution in [0.4, 0.5) is 15.0 Å². The zero-order valence-electron chi connectivity index (χ0n) is 23.8. The molecule has 0 saturated heterocycles. The lowest BCUT2D eigenvalue weighted by Crippen LogP contribution is -2.50. The van der Waals surface area contributed by atoms with Gasteiger partial charge in [0, 0.05) is 28.9 Å². The molecule has 6 rings (SSSR count). The molecule has 41 heavy (non-hydrogen) atoms. The fourth-order valence-electron chi connectivity index (χ4n) is 5.97. The van der Waals surface area contributed by atoms with Crippen molar-refractivity contribution in [2.45, 2.75) is 70.9 Å². The molecule has 4 aromatic rings. The van der Waals surface area contributed by atoms with Crippen molar-refractivity contribution in [3.05, 3.63) is 66.7 Å². The summed E-state index contributed by atoms with van der Waals surface area (Å²) in [6.45, 7) is 5.97. The molecule has 214 valence electrons. The van der Waals surface area contributed by atoms with Gasteiger partial charge in [0.25, 0.3) is 0 Å². The highest BCUT2D eigenvalue weighted by molar-refractivity contribution is 6.03. The van der Waals surface area contributed by atoms with E-state index in [0.717, 1.165) is 47.0 Å². The number of carbonyl (C=O) groups is 1. The number of nitrogens with one attached hydrogen (secondary N) is 1. The smallest absolute Gasteiger partial charge is 0.407 e. The molecule has 1 aliphatic carbocycles. The Hall–Kier alpha value is -4.14. The zero-order valence-corrected chi connectivity index (χ0v) is 23.8. The molecular weight excluding hydrogens is 521 g/mol. The van der Waals surface area contributed by atoms with Crippen molar-refractivity contribution in [2.75, 3.05) is 11.6 Å². The Morgan fingerprint density at radius 1 is 1.05 bits per heavy atom. The number of hydrogen-bond acceptors (Lipinski definition) is 6. The van der Waals surface area contributed by atoms with Gasteiger partial charge in [0.05, 0.1) is 12.6 Å². The second-order valence-electron chi connectivity index (χ2n) is 12.0. The molecule has 1 amide bonds. The van der Waals surface area contributed by atoms with Crippen molar-refractivity contribution in [1.82, 2.24) is 20.0 Å². The van der Waals surface area contributed by atoms with Crippen molar-refractivity contribution in [3.8, 4) is 22.4 Å². The van der Waals surface area contributed by atoms with Gasteiger partial charge in [0.1, 0.15) is 17.1 Å². The SMILES string of the molecule is CC(C)(C)OC(=O)NC(CC1CCCCC1)CN1On2c(-c3ccc(F)cc3)c(-c3ccncc3)c3ccc1nc32. The van der Waals surface area contributed by atoms with Gasteiger partial charge >= 0.3 is 6.09 Å². The normalized spacial score (nSPS) is 16.0. The van der Waals surface area contributed by atoms with E-state index in [0.29, 0.717) is 23.9 Å². The predicted octanol–water partition coefficient (Wildman–Crippen LogP) is 6.93. The minimum Gasteiger partial charge on any atom is -0.444 e. The maximum atomic E-state index is 13.9. The summed E-state index contributed by atoms with van der Waals surface area (Å²) in [4.78, 5) is 28.6. The summed E-state index contributed by atoms with van der Waals surface area (Å²) in [5.41, 5.74) is 3.53. The molecule has 1 aliphatic heterocycles. The van der Waals surface area contributed by atoms with Crippen LogP contribution in [-0.4, -0.2) is 39.0 Å². The van der Waals surface area contributed by atoms with E-state index in [1.165, 1.54) is 31.4 Å². The van der Waals surface area contributed by atoms with Crippen molar-refractivity contribution in [2.24, 2.45) is 5.92 Å². The Morgan fingerprint density at radius 2 is 1.78 bits per heavy atom. The highest BCUT2D eigenvalue weighted by Gasteiger charge is 2.32. The van der Waals surface area contributed by atoms with Gasteiger partial charge in [-0.05, 0) is 87.2 Å². The second-order valence-corrected chi connectivity index (χ2v) is 12.0.